The monoisotopic (exact) mass is 494 g/mol. The Morgan fingerprint density at radius 2 is 1.65 bits per heavy atom. The van der Waals surface area contributed by atoms with Gasteiger partial charge < -0.3 is 0 Å². The average Bonchev–Trinajstić information content (AvgIpc) is 2.76. The second-order valence-corrected chi connectivity index (χ2v) is 7.80. The molecule has 0 aliphatic heterocycles. The van der Waals surface area contributed by atoms with Crippen LogP contribution in [0, 0.1) is 36.3 Å². The third-order valence-corrected chi connectivity index (χ3v) is 5.84. The van der Waals surface area contributed by atoms with Crippen molar-refractivity contribution in [1.29, 1.82) is 0 Å². The molecule has 0 nitrogen and oxygen atoms in total. The zero-order valence-corrected chi connectivity index (χ0v) is 22.5. The van der Waals surface area contributed by atoms with Crippen molar-refractivity contribution >= 4 is 5.57 Å². The van der Waals surface area contributed by atoms with Crippen molar-refractivity contribution in [2.75, 3.05) is 0 Å². The smallest absolute Gasteiger partial charge is 0.281 e. The van der Waals surface area contributed by atoms with E-state index in [2.05, 4.69) is 12.1 Å². The number of hydrogen-bond acceptors (Lipinski definition) is 0. The van der Waals surface area contributed by atoms with Crippen LogP contribution in [0.15, 0.2) is 54.6 Å². The van der Waals surface area contributed by atoms with E-state index in [1.807, 2.05) is 24.3 Å². The van der Waals surface area contributed by atoms with Gasteiger partial charge in [-0.15, -0.1) is 11.6 Å². The molecular formula is C26H21F4Rb. The van der Waals surface area contributed by atoms with Gasteiger partial charge in [-0.25, -0.2) is 13.2 Å². The zero-order valence-electron chi connectivity index (χ0n) is 17.6. The Kier molecular flexibility index (Phi) is 8.47. The van der Waals surface area contributed by atoms with Crippen LogP contribution in [-0.4, -0.2) is 0 Å². The summed E-state index contributed by atoms with van der Waals surface area (Å²) in [6, 6.07) is 16.2. The van der Waals surface area contributed by atoms with Gasteiger partial charge in [0, 0.05) is 11.6 Å². The number of aryl methyl sites for hydroxylation is 1. The van der Waals surface area contributed by atoms with Crippen LogP contribution in [0.5, 0.6) is 0 Å². The van der Waals surface area contributed by atoms with Gasteiger partial charge in [-0.05, 0) is 66.4 Å². The van der Waals surface area contributed by atoms with Crippen LogP contribution in [0.1, 0.15) is 53.0 Å². The first-order valence-corrected chi connectivity index (χ1v) is 10.0. The third kappa shape index (κ3) is 5.47. The first kappa shape index (κ1) is 24.6. The van der Waals surface area contributed by atoms with Gasteiger partial charge in [-0.1, -0.05) is 42.5 Å². The van der Waals surface area contributed by atoms with Crippen LogP contribution < -0.4 is 58.2 Å². The van der Waals surface area contributed by atoms with Gasteiger partial charge in [0.1, 0.15) is 0 Å². The molecule has 0 heterocycles. The maximum atomic E-state index is 14.3. The van der Waals surface area contributed by atoms with Crippen molar-refractivity contribution in [1.82, 2.24) is 0 Å². The second-order valence-electron chi connectivity index (χ2n) is 7.80. The molecule has 1 atom stereocenters. The molecule has 154 valence electrons. The molecule has 1 aliphatic carbocycles. The van der Waals surface area contributed by atoms with Gasteiger partial charge in [0.2, 0.25) is 0 Å². The van der Waals surface area contributed by atoms with E-state index >= 15 is 0 Å². The molecular weight excluding hydrogens is 474 g/mol. The van der Waals surface area contributed by atoms with Crippen LogP contribution in [0.3, 0.4) is 0 Å². The molecule has 0 N–H and O–H groups in total. The Bertz CT molecular complexity index is 1100. The number of rotatable bonds is 4. The summed E-state index contributed by atoms with van der Waals surface area (Å²) in [6.45, 7) is 1.56. The summed E-state index contributed by atoms with van der Waals surface area (Å²) < 4.78 is 55.4. The second kappa shape index (κ2) is 10.7. The Balaban J connectivity index is 0.00000272. The summed E-state index contributed by atoms with van der Waals surface area (Å²) in [4.78, 5) is 0. The first-order chi connectivity index (χ1) is 14.4. The molecule has 0 fully saturated rings. The topological polar surface area (TPSA) is 0 Å². The van der Waals surface area contributed by atoms with E-state index in [-0.39, 0.29) is 64.1 Å². The Morgan fingerprint density at radius 3 is 2.32 bits per heavy atom. The average molecular weight is 495 g/mol. The molecule has 0 bridgehead atoms. The van der Waals surface area contributed by atoms with Crippen molar-refractivity contribution in [3.05, 3.63) is 112 Å². The van der Waals surface area contributed by atoms with Crippen LogP contribution in [0.25, 0.3) is 5.57 Å². The van der Waals surface area contributed by atoms with Gasteiger partial charge in [0.25, 0.3) is 0 Å². The summed E-state index contributed by atoms with van der Waals surface area (Å²) in [5.74, 6) is -3.34. The fraction of sp³-hybridized carbons (Fsp3) is 0.231. The summed E-state index contributed by atoms with van der Waals surface area (Å²) >= 11 is 0. The molecule has 0 amide bonds. The number of halogens is 4. The van der Waals surface area contributed by atoms with Crippen molar-refractivity contribution in [2.24, 2.45) is 0 Å². The van der Waals surface area contributed by atoms with Gasteiger partial charge >= 0.3 is 58.2 Å². The predicted molar refractivity (Wildman–Crippen MR) is 110 cm³/mol. The van der Waals surface area contributed by atoms with E-state index < -0.39 is 23.3 Å². The van der Waals surface area contributed by atoms with Gasteiger partial charge in [0.05, 0.1) is 0 Å². The standard InChI is InChI=1S/C26H21F4.Rb/c1-16-5-14-22(26(30)24(16)28)20-12-10-19(11-13-20)18-8-6-17(7-9-18)15-21-3-2-4-23(27)25(21)29;/h2-3,5-10,14,20H,11-13,15H2,1H3;/q-1;+1. The van der Waals surface area contributed by atoms with E-state index in [0.717, 1.165) is 29.5 Å². The van der Waals surface area contributed by atoms with Gasteiger partial charge in [0.15, 0.2) is 11.6 Å². The Hall–Kier alpha value is -1.07. The number of benzene rings is 3. The van der Waals surface area contributed by atoms with E-state index in [1.165, 1.54) is 12.1 Å². The zero-order chi connectivity index (χ0) is 21.3. The fourth-order valence-electron chi connectivity index (χ4n) is 4.04. The molecule has 3 aromatic rings. The summed E-state index contributed by atoms with van der Waals surface area (Å²) in [5, 5.41) is 0. The van der Waals surface area contributed by atoms with Crippen LogP contribution in [-0.2, 0) is 6.42 Å². The molecule has 1 aliphatic rings. The first-order valence-electron chi connectivity index (χ1n) is 10.0. The van der Waals surface area contributed by atoms with Gasteiger partial charge in [-0.3, -0.25) is 4.39 Å². The summed E-state index contributed by atoms with van der Waals surface area (Å²) in [7, 11) is 0. The molecule has 4 rings (SSSR count). The maximum absolute atomic E-state index is 14.3. The fourth-order valence-corrected chi connectivity index (χ4v) is 4.04. The molecule has 31 heavy (non-hydrogen) atoms. The van der Waals surface area contributed by atoms with Crippen LogP contribution in [0.2, 0.25) is 0 Å². The van der Waals surface area contributed by atoms with Crippen molar-refractivity contribution in [3.8, 4) is 0 Å². The minimum atomic E-state index is -0.962. The van der Waals surface area contributed by atoms with E-state index in [0.29, 0.717) is 29.5 Å². The SMILES string of the molecule is Cc1ccc(C2CC=C(c3ccc(Cc4cc[c-]c(F)c4F)cc3)CC2)c(F)c1F.[Rb+]. The van der Waals surface area contributed by atoms with Gasteiger partial charge in [-0.2, -0.15) is 12.1 Å². The van der Waals surface area contributed by atoms with E-state index in [4.69, 9.17) is 0 Å². The largest absolute Gasteiger partial charge is 1.00 e. The Labute approximate surface area is 229 Å². The van der Waals surface area contributed by atoms with Crippen LogP contribution in [0.4, 0.5) is 17.6 Å². The molecule has 0 saturated carbocycles. The maximum Gasteiger partial charge on any atom is 1.00 e. The molecule has 1 unspecified atom stereocenters. The molecule has 3 aromatic carbocycles. The van der Waals surface area contributed by atoms with Crippen LogP contribution >= 0.6 is 0 Å². The minimum absolute atomic E-state index is 0. The van der Waals surface area contributed by atoms with E-state index in [9.17, 15) is 17.6 Å². The third-order valence-electron chi connectivity index (χ3n) is 5.84. The summed E-state index contributed by atoms with van der Waals surface area (Å²) in [5.41, 5.74) is 4.16. The van der Waals surface area contributed by atoms with Crippen molar-refractivity contribution in [2.45, 2.75) is 38.5 Å². The molecule has 5 heteroatoms. The number of allylic oxidation sites excluding steroid dienone is 2. The predicted octanol–water partition coefficient (Wildman–Crippen LogP) is 4.30. The summed E-state index contributed by atoms with van der Waals surface area (Å²) in [6.07, 6.45) is 4.56. The molecule has 0 radical (unpaired) electrons. The normalized spacial score (nSPS) is 15.9. The van der Waals surface area contributed by atoms with Crippen molar-refractivity contribution < 1.29 is 75.7 Å². The number of hydrogen-bond donors (Lipinski definition) is 0. The Morgan fingerprint density at radius 1 is 0.903 bits per heavy atom. The molecule has 0 saturated heterocycles. The molecule has 0 spiro atoms. The molecule has 0 aromatic heterocycles. The van der Waals surface area contributed by atoms with Crippen molar-refractivity contribution in [3.63, 3.8) is 0 Å². The minimum Gasteiger partial charge on any atom is -0.281 e. The quantitative estimate of drug-likeness (QED) is 0.375. The van der Waals surface area contributed by atoms with E-state index in [1.54, 1.807) is 19.1 Å².